The number of rotatable bonds is 13. The molecule has 2 nitrogen and oxygen atoms in total. The first-order chi connectivity index (χ1) is 10.8. The van der Waals surface area contributed by atoms with Crippen LogP contribution in [0, 0.1) is 0 Å². The Morgan fingerprint density at radius 1 is 0.773 bits per heavy atom. The van der Waals surface area contributed by atoms with Crippen molar-refractivity contribution in [3.8, 4) is 0 Å². The fourth-order valence-electron chi connectivity index (χ4n) is 1.86. The maximum absolute atomic E-state index is 11.1. The molecule has 0 aromatic heterocycles. The zero-order chi connectivity index (χ0) is 16.3. The van der Waals surface area contributed by atoms with Crippen molar-refractivity contribution in [1.82, 2.24) is 0 Å². The minimum absolute atomic E-state index is 0.0762. The molecule has 0 saturated heterocycles. The van der Waals surface area contributed by atoms with Gasteiger partial charge in [-0.15, -0.1) is 0 Å². The molecular weight excluding hydrogens is 272 g/mol. The molecule has 0 aliphatic rings. The highest BCUT2D eigenvalue weighted by Crippen LogP contribution is 2.03. The van der Waals surface area contributed by atoms with Crippen LogP contribution >= 0.6 is 0 Å². The van der Waals surface area contributed by atoms with Crippen molar-refractivity contribution < 1.29 is 9.53 Å². The predicted octanol–water partition coefficient (Wildman–Crippen LogP) is 5.92. The zero-order valence-electron chi connectivity index (χ0n) is 14.3. The van der Waals surface area contributed by atoms with E-state index in [-0.39, 0.29) is 5.97 Å². The van der Waals surface area contributed by atoms with E-state index in [4.69, 9.17) is 4.74 Å². The van der Waals surface area contributed by atoms with Gasteiger partial charge in [0.15, 0.2) is 0 Å². The van der Waals surface area contributed by atoms with Gasteiger partial charge in [0.25, 0.3) is 0 Å². The van der Waals surface area contributed by atoms with Gasteiger partial charge in [0, 0.05) is 6.42 Å². The first kappa shape index (κ1) is 20.4. The van der Waals surface area contributed by atoms with Gasteiger partial charge in [-0.1, -0.05) is 55.5 Å². The molecule has 22 heavy (non-hydrogen) atoms. The normalized spacial score (nSPS) is 12.3. The Balaban J connectivity index is 3.41. The molecule has 0 aliphatic heterocycles. The molecule has 0 bridgehead atoms. The van der Waals surface area contributed by atoms with Crippen LogP contribution in [0.1, 0.15) is 65.2 Å². The summed E-state index contributed by atoms with van der Waals surface area (Å²) in [5, 5.41) is 0. The molecule has 0 unspecified atom stereocenters. The van der Waals surface area contributed by atoms with Gasteiger partial charge in [-0.3, -0.25) is 4.79 Å². The Kier molecular flexibility index (Phi) is 16.2. The quantitative estimate of drug-likeness (QED) is 0.240. The minimum atomic E-state index is -0.0762. The lowest BCUT2D eigenvalue weighted by atomic mass is 10.2. The molecule has 0 N–H and O–H groups in total. The highest BCUT2D eigenvalue weighted by Gasteiger charge is 1.99. The topological polar surface area (TPSA) is 26.3 Å². The Morgan fingerprint density at radius 3 is 1.86 bits per heavy atom. The summed E-state index contributed by atoms with van der Waals surface area (Å²) in [6.07, 6.45) is 25.3. The molecule has 0 aliphatic carbocycles. The second kappa shape index (κ2) is 17.5. The second-order valence-electron chi connectivity index (χ2n) is 5.05. The van der Waals surface area contributed by atoms with Gasteiger partial charge >= 0.3 is 5.97 Å². The number of allylic oxidation sites excluding steroid dienone is 8. The Labute approximate surface area is 136 Å². The number of carbonyl (C=O) groups excluding carboxylic acids is 1. The van der Waals surface area contributed by atoms with Crippen LogP contribution in [0.3, 0.4) is 0 Å². The predicted molar refractivity (Wildman–Crippen MR) is 95.8 cm³/mol. The molecule has 0 aromatic carbocycles. The van der Waals surface area contributed by atoms with E-state index in [1.807, 2.05) is 6.92 Å². The second-order valence-corrected chi connectivity index (χ2v) is 5.05. The summed E-state index contributed by atoms with van der Waals surface area (Å²) in [4.78, 5) is 11.1. The Hall–Kier alpha value is -1.57. The van der Waals surface area contributed by atoms with Gasteiger partial charge in [0.2, 0.25) is 0 Å². The number of carbonyl (C=O) groups is 1. The van der Waals surface area contributed by atoms with E-state index in [1.54, 1.807) is 0 Å². The van der Waals surface area contributed by atoms with Gasteiger partial charge in [-0.05, 0) is 51.9 Å². The Morgan fingerprint density at radius 2 is 1.32 bits per heavy atom. The van der Waals surface area contributed by atoms with Crippen LogP contribution in [-0.2, 0) is 9.53 Å². The average Bonchev–Trinajstić information content (AvgIpc) is 2.51. The molecule has 124 valence electrons. The van der Waals surface area contributed by atoms with Gasteiger partial charge in [0.05, 0.1) is 6.61 Å². The molecule has 0 spiro atoms. The van der Waals surface area contributed by atoms with E-state index in [1.165, 1.54) is 0 Å². The van der Waals surface area contributed by atoms with E-state index in [9.17, 15) is 4.79 Å². The summed E-state index contributed by atoms with van der Waals surface area (Å²) >= 11 is 0. The number of hydrogen-bond donors (Lipinski definition) is 0. The van der Waals surface area contributed by atoms with Crippen LogP contribution in [0.25, 0.3) is 0 Å². The van der Waals surface area contributed by atoms with E-state index in [0.717, 1.165) is 44.9 Å². The van der Waals surface area contributed by atoms with Crippen molar-refractivity contribution >= 4 is 5.97 Å². The van der Waals surface area contributed by atoms with Crippen molar-refractivity contribution in [2.75, 3.05) is 6.61 Å². The first-order valence-corrected chi connectivity index (χ1v) is 8.56. The van der Waals surface area contributed by atoms with Crippen molar-refractivity contribution in [1.29, 1.82) is 0 Å². The molecule has 0 fully saturated rings. The number of unbranched alkanes of at least 4 members (excludes halogenated alkanes) is 2. The SMILES string of the molecule is CC/C=C/C/C=C/C/C=C/C/C=C/CCCCC(=O)OCC. The molecule has 0 heterocycles. The lowest BCUT2D eigenvalue weighted by molar-refractivity contribution is -0.143. The molecule has 0 rings (SSSR count). The third kappa shape index (κ3) is 16.5. The summed E-state index contributed by atoms with van der Waals surface area (Å²) in [6, 6.07) is 0. The summed E-state index contributed by atoms with van der Waals surface area (Å²) in [6.45, 7) is 4.47. The molecule has 2 heteroatoms. The van der Waals surface area contributed by atoms with Crippen LogP contribution in [0.2, 0.25) is 0 Å². The largest absolute Gasteiger partial charge is 0.466 e. The fraction of sp³-hybridized carbons (Fsp3) is 0.550. The standard InChI is InChI=1S/C20H32O2/c1-3-5-6-7-8-9-10-11-12-13-14-15-16-17-18-19-20(21)22-4-2/h5-6,8-9,11-12,14-15H,3-4,7,10,13,16-19H2,1-2H3/b6-5+,9-8+,12-11+,15-14+. The van der Waals surface area contributed by atoms with Gasteiger partial charge in [-0.25, -0.2) is 0 Å². The lowest BCUT2D eigenvalue weighted by Gasteiger charge is -1.99. The average molecular weight is 304 g/mol. The number of esters is 1. The molecule has 0 aromatic rings. The molecule has 0 radical (unpaired) electrons. The maximum Gasteiger partial charge on any atom is 0.305 e. The van der Waals surface area contributed by atoms with Gasteiger partial charge < -0.3 is 4.74 Å². The summed E-state index contributed by atoms with van der Waals surface area (Å²) in [7, 11) is 0. The summed E-state index contributed by atoms with van der Waals surface area (Å²) in [5.74, 6) is -0.0762. The highest BCUT2D eigenvalue weighted by atomic mass is 16.5. The molecule has 0 saturated carbocycles. The minimum Gasteiger partial charge on any atom is -0.466 e. The third-order valence-electron chi connectivity index (χ3n) is 3.03. The number of hydrogen-bond acceptors (Lipinski definition) is 2. The van der Waals surface area contributed by atoms with Gasteiger partial charge in [0.1, 0.15) is 0 Å². The van der Waals surface area contributed by atoms with Crippen LogP contribution in [-0.4, -0.2) is 12.6 Å². The van der Waals surface area contributed by atoms with Crippen molar-refractivity contribution in [2.24, 2.45) is 0 Å². The van der Waals surface area contributed by atoms with Crippen LogP contribution < -0.4 is 0 Å². The maximum atomic E-state index is 11.1. The van der Waals surface area contributed by atoms with Crippen LogP contribution in [0.4, 0.5) is 0 Å². The zero-order valence-corrected chi connectivity index (χ0v) is 14.3. The highest BCUT2D eigenvalue weighted by molar-refractivity contribution is 5.69. The van der Waals surface area contributed by atoms with Crippen molar-refractivity contribution in [2.45, 2.75) is 65.2 Å². The van der Waals surface area contributed by atoms with Crippen molar-refractivity contribution in [3.05, 3.63) is 48.6 Å². The van der Waals surface area contributed by atoms with Gasteiger partial charge in [-0.2, -0.15) is 0 Å². The molecule has 0 atom stereocenters. The van der Waals surface area contributed by atoms with E-state index in [0.29, 0.717) is 13.0 Å². The number of ether oxygens (including phenoxy) is 1. The lowest BCUT2D eigenvalue weighted by Crippen LogP contribution is -2.02. The summed E-state index contributed by atoms with van der Waals surface area (Å²) < 4.78 is 4.89. The van der Waals surface area contributed by atoms with Crippen LogP contribution in [0.5, 0.6) is 0 Å². The molecule has 0 amide bonds. The smallest absolute Gasteiger partial charge is 0.305 e. The van der Waals surface area contributed by atoms with Crippen molar-refractivity contribution in [3.63, 3.8) is 0 Å². The first-order valence-electron chi connectivity index (χ1n) is 8.56. The fourth-order valence-corrected chi connectivity index (χ4v) is 1.86. The Bertz CT molecular complexity index is 362. The van der Waals surface area contributed by atoms with E-state index >= 15 is 0 Å². The third-order valence-corrected chi connectivity index (χ3v) is 3.03. The van der Waals surface area contributed by atoms with Crippen LogP contribution in [0.15, 0.2) is 48.6 Å². The van der Waals surface area contributed by atoms with E-state index < -0.39 is 0 Å². The van der Waals surface area contributed by atoms with E-state index in [2.05, 4.69) is 55.5 Å². The monoisotopic (exact) mass is 304 g/mol. The summed E-state index contributed by atoms with van der Waals surface area (Å²) in [5.41, 5.74) is 0. The molecular formula is C20H32O2.